The van der Waals surface area contributed by atoms with Crippen LogP contribution < -0.4 is 0 Å². The van der Waals surface area contributed by atoms with Crippen molar-refractivity contribution in [2.24, 2.45) is 11.8 Å². The number of carboxylic acids is 1. The fraction of sp³-hybridized carbons (Fsp3) is 0.147. The summed E-state index contributed by atoms with van der Waals surface area (Å²) in [6, 6.07) is 37.0. The first-order valence-corrected chi connectivity index (χ1v) is 12.8. The van der Waals surface area contributed by atoms with E-state index in [0.29, 0.717) is 22.3 Å². The smallest absolute Gasteiger partial charge is 0.311 e. The predicted octanol–water partition coefficient (Wildman–Crippen LogP) is 5.56. The molecule has 4 aromatic rings. The van der Waals surface area contributed by atoms with Crippen molar-refractivity contribution in [2.75, 3.05) is 7.11 Å². The van der Waals surface area contributed by atoms with E-state index in [1.54, 1.807) is 24.3 Å². The predicted molar refractivity (Wildman–Crippen MR) is 148 cm³/mol. The Morgan fingerprint density at radius 1 is 0.615 bits per heavy atom. The fourth-order valence-electron chi connectivity index (χ4n) is 7.06. The molecule has 5 nitrogen and oxygen atoms in total. The molecule has 0 heterocycles. The number of benzene rings is 4. The molecule has 1 N–H and O–H groups in total. The van der Waals surface area contributed by atoms with Crippen LogP contribution in [0.5, 0.6) is 0 Å². The maximum Gasteiger partial charge on any atom is 0.311 e. The van der Waals surface area contributed by atoms with Gasteiger partial charge in [-0.3, -0.25) is 14.4 Å². The van der Waals surface area contributed by atoms with Crippen LogP contribution in [0.15, 0.2) is 121 Å². The average Bonchev–Trinajstić information content (AvgIpc) is 3.38. The van der Waals surface area contributed by atoms with Crippen molar-refractivity contribution >= 4 is 28.9 Å². The van der Waals surface area contributed by atoms with Gasteiger partial charge in [0.1, 0.15) is 0 Å². The van der Waals surface area contributed by atoms with Crippen LogP contribution in [0.1, 0.15) is 22.3 Å². The van der Waals surface area contributed by atoms with Gasteiger partial charge in [-0.05, 0) is 33.4 Å². The number of rotatable bonds is 6. The molecule has 2 aliphatic rings. The van der Waals surface area contributed by atoms with Gasteiger partial charge in [0, 0.05) is 0 Å². The molecule has 6 rings (SSSR count). The fourth-order valence-corrected chi connectivity index (χ4v) is 7.06. The second-order valence-corrected chi connectivity index (χ2v) is 9.98. The number of aliphatic carboxylic acids is 1. The Hall–Kier alpha value is -4.77. The third kappa shape index (κ3) is 3.16. The topological polar surface area (TPSA) is 80.7 Å². The number of ketones is 1. The van der Waals surface area contributed by atoms with Crippen molar-refractivity contribution in [3.63, 3.8) is 0 Å². The summed E-state index contributed by atoms with van der Waals surface area (Å²) in [6.07, 6.45) is 0. The molecule has 2 aliphatic carbocycles. The Labute approximate surface area is 226 Å². The number of carbonyl (C=O) groups excluding carboxylic acids is 2. The number of allylic oxidation sites excluding steroid dienone is 2. The van der Waals surface area contributed by atoms with E-state index in [1.165, 1.54) is 7.11 Å². The molecule has 1 saturated carbocycles. The zero-order chi connectivity index (χ0) is 27.2. The number of hydrogen-bond donors (Lipinski definition) is 1. The lowest BCUT2D eigenvalue weighted by Crippen LogP contribution is -2.47. The summed E-state index contributed by atoms with van der Waals surface area (Å²) < 4.78 is 5.29. The van der Waals surface area contributed by atoms with Crippen molar-refractivity contribution in [1.82, 2.24) is 0 Å². The first-order valence-electron chi connectivity index (χ1n) is 12.8. The molecule has 0 aliphatic heterocycles. The first kappa shape index (κ1) is 24.6. The Balaban J connectivity index is 1.90. The molecule has 0 amide bonds. The summed E-state index contributed by atoms with van der Waals surface area (Å²) in [5.74, 6) is -4.97. The molecule has 2 bridgehead atoms. The number of fused-ring (bicyclic) bond motifs is 2. The molecular formula is C34H26O5. The molecule has 0 spiro atoms. The minimum Gasteiger partial charge on any atom is -0.481 e. The van der Waals surface area contributed by atoms with E-state index in [4.69, 9.17) is 4.74 Å². The maximum absolute atomic E-state index is 15.4. The van der Waals surface area contributed by atoms with Crippen LogP contribution in [0.4, 0.5) is 0 Å². The summed E-state index contributed by atoms with van der Waals surface area (Å²) in [7, 11) is 1.25. The minimum absolute atomic E-state index is 0.326. The standard InChI is InChI=1S/C34H26O5/c1-39-31(37)29-28(30(35)36)33(24-18-10-4-11-19-24)26(22-14-6-2-7-15-22)27(23-16-8-3-9-17-23)34(29,32(33)38)25-20-12-5-13-21-25/h2-21,28-29H,1H3,(H,35,36). The van der Waals surface area contributed by atoms with Gasteiger partial charge in [-0.1, -0.05) is 121 Å². The molecular weight excluding hydrogens is 488 g/mol. The molecule has 4 atom stereocenters. The van der Waals surface area contributed by atoms with Crippen molar-refractivity contribution in [1.29, 1.82) is 0 Å². The number of methoxy groups -OCH3 is 1. The lowest BCUT2D eigenvalue weighted by Gasteiger charge is -2.41. The van der Waals surface area contributed by atoms with Gasteiger partial charge >= 0.3 is 11.9 Å². The number of esters is 1. The van der Waals surface area contributed by atoms with Crippen LogP contribution in [0.25, 0.3) is 11.1 Å². The second-order valence-electron chi connectivity index (χ2n) is 9.98. The summed E-state index contributed by atoms with van der Waals surface area (Å²) in [5.41, 5.74) is 0.612. The number of carboxylic acid groups (broad SMARTS) is 1. The number of ether oxygens (including phenoxy) is 1. The summed E-state index contributed by atoms with van der Waals surface area (Å²) in [4.78, 5) is 42.5. The van der Waals surface area contributed by atoms with Crippen LogP contribution >= 0.6 is 0 Å². The molecule has 192 valence electrons. The molecule has 39 heavy (non-hydrogen) atoms. The molecule has 5 heteroatoms. The van der Waals surface area contributed by atoms with Gasteiger partial charge in [-0.2, -0.15) is 0 Å². The highest BCUT2D eigenvalue weighted by molar-refractivity contribution is 6.33. The van der Waals surface area contributed by atoms with Gasteiger partial charge in [0.2, 0.25) is 0 Å². The largest absolute Gasteiger partial charge is 0.481 e. The highest BCUT2D eigenvalue weighted by atomic mass is 16.5. The normalized spacial score (nSPS) is 25.5. The summed E-state index contributed by atoms with van der Waals surface area (Å²) in [6.45, 7) is 0. The minimum atomic E-state index is -1.64. The molecule has 0 saturated heterocycles. The van der Waals surface area contributed by atoms with Gasteiger partial charge in [-0.25, -0.2) is 0 Å². The number of carbonyl (C=O) groups is 3. The Bertz CT molecular complexity index is 1590. The van der Waals surface area contributed by atoms with Crippen LogP contribution in [0.3, 0.4) is 0 Å². The van der Waals surface area contributed by atoms with Crippen molar-refractivity contribution in [3.8, 4) is 0 Å². The molecule has 0 radical (unpaired) electrons. The van der Waals surface area contributed by atoms with Gasteiger partial charge in [-0.15, -0.1) is 0 Å². The summed E-state index contributed by atoms with van der Waals surface area (Å²) in [5, 5.41) is 10.9. The monoisotopic (exact) mass is 514 g/mol. The van der Waals surface area contributed by atoms with Gasteiger partial charge < -0.3 is 9.84 Å². The molecule has 4 aromatic carbocycles. The van der Waals surface area contributed by atoms with Crippen molar-refractivity contribution < 1.29 is 24.2 Å². The van der Waals surface area contributed by atoms with Crippen LogP contribution in [0, 0.1) is 11.8 Å². The zero-order valence-electron chi connectivity index (χ0n) is 21.3. The molecule has 4 unspecified atom stereocenters. The molecule has 0 aromatic heterocycles. The third-order valence-electron chi connectivity index (χ3n) is 8.33. The molecule has 1 fully saturated rings. The lowest BCUT2D eigenvalue weighted by molar-refractivity contribution is -0.157. The van der Waals surface area contributed by atoms with E-state index >= 15 is 4.79 Å². The Morgan fingerprint density at radius 3 is 1.33 bits per heavy atom. The number of hydrogen-bond acceptors (Lipinski definition) is 4. The van der Waals surface area contributed by atoms with Gasteiger partial charge in [0.05, 0.1) is 29.8 Å². The van der Waals surface area contributed by atoms with E-state index in [1.807, 2.05) is 97.1 Å². The van der Waals surface area contributed by atoms with E-state index in [2.05, 4.69) is 0 Å². The quantitative estimate of drug-likeness (QED) is 0.341. The van der Waals surface area contributed by atoms with E-state index in [0.717, 1.165) is 11.1 Å². The SMILES string of the molecule is COC(=O)C1C(C(=O)O)C2(c3ccccc3)C(=O)C1(c1ccccc1)C(c1ccccc1)=C2c1ccccc1. The van der Waals surface area contributed by atoms with E-state index in [9.17, 15) is 14.7 Å². The highest BCUT2D eigenvalue weighted by Gasteiger charge is 2.80. The number of Topliss-reactive ketones (excluding diaryl/α,β-unsaturated/α-hetero) is 1. The van der Waals surface area contributed by atoms with Crippen LogP contribution in [-0.2, 0) is 30.0 Å². The third-order valence-corrected chi connectivity index (χ3v) is 8.33. The van der Waals surface area contributed by atoms with E-state index in [-0.39, 0.29) is 5.78 Å². The first-order chi connectivity index (χ1) is 19.0. The maximum atomic E-state index is 15.4. The van der Waals surface area contributed by atoms with Gasteiger partial charge in [0.15, 0.2) is 5.78 Å². The van der Waals surface area contributed by atoms with E-state index < -0.39 is 34.6 Å². The van der Waals surface area contributed by atoms with Crippen molar-refractivity contribution in [2.45, 2.75) is 10.8 Å². The lowest BCUT2D eigenvalue weighted by atomic mass is 9.58. The average molecular weight is 515 g/mol. The summed E-state index contributed by atoms with van der Waals surface area (Å²) >= 11 is 0. The van der Waals surface area contributed by atoms with Crippen LogP contribution in [0.2, 0.25) is 0 Å². The van der Waals surface area contributed by atoms with Gasteiger partial charge in [0.25, 0.3) is 0 Å². The van der Waals surface area contributed by atoms with Crippen molar-refractivity contribution in [3.05, 3.63) is 144 Å². The van der Waals surface area contributed by atoms with Crippen LogP contribution in [-0.4, -0.2) is 29.9 Å². The Morgan fingerprint density at radius 2 is 0.974 bits per heavy atom. The Kier molecular flexibility index (Phi) is 5.80. The highest BCUT2D eigenvalue weighted by Crippen LogP contribution is 2.72. The zero-order valence-corrected chi connectivity index (χ0v) is 21.3. The second kappa shape index (κ2) is 9.21.